The van der Waals surface area contributed by atoms with Gasteiger partial charge in [-0.05, 0) is 38.1 Å². The zero-order valence-corrected chi connectivity index (χ0v) is 15.0. The second-order valence-electron chi connectivity index (χ2n) is 6.27. The van der Waals surface area contributed by atoms with Gasteiger partial charge in [-0.2, -0.15) is 0 Å². The number of anilines is 2. The van der Waals surface area contributed by atoms with Crippen LogP contribution in [0.3, 0.4) is 0 Å². The molecule has 6 nitrogen and oxygen atoms in total. The molecule has 2 N–H and O–H groups in total. The highest BCUT2D eigenvalue weighted by atomic mass is 16.5. The third-order valence-electron chi connectivity index (χ3n) is 4.24. The number of urea groups is 1. The molecule has 1 aliphatic rings. The molecule has 0 radical (unpaired) electrons. The molecule has 0 bridgehead atoms. The third kappa shape index (κ3) is 4.14. The maximum atomic E-state index is 12.3. The van der Waals surface area contributed by atoms with Gasteiger partial charge in [-0.1, -0.05) is 29.8 Å². The number of hydrogen-bond acceptors (Lipinski definition) is 3. The summed E-state index contributed by atoms with van der Waals surface area (Å²) in [6.07, 6.45) is 0.286. The Balaban J connectivity index is 1.60. The fourth-order valence-electron chi connectivity index (χ4n) is 2.97. The monoisotopic (exact) mass is 353 g/mol. The molecule has 2 aromatic carbocycles. The van der Waals surface area contributed by atoms with Crippen molar-refractivity contribution in [3.8, 4) is 5.75 Å². The van der Waals surface area contributed by atoms with Gasteiger partial charge < -0.3 is 20.3 Å². The van der Waals surface area contributed by atoms with E-state index in [1.807, 2.05) is 50.2 Å². The van der Waals surface area contributed by atoms with E-state index in [0.717, 1.165) is 11.3 Å². The Labute approximate surface area is 153 Å². The van der Waals surface area contributed by atoms with Gasteiger partial charge in [0.15, 0.2) is 0 Å². The second kappa shape index (κ2) is 7.91. The number of hydrogen-bond donors (Lipinski definition) is 2. The summed E-state index contributed by atoms with van der Waals surface area (Å²) < 4.78 is 5.50. The minimum absolute atomic E-state index is 0.00821. The molecule has 1 heterocycles. The van der Waals surface area contributed by atoms with Crippen LogP contribution in [0.5, 0.6) is 5.75 Å². The fraction of sp³-hybridized carbons (Fsp3) is 0.300. The smallest absolute Gasteiger partial charge is 0.319 e. The molecule has 0 unspecified atom stereocenters. The van der Waals surface area contributed by atoms with Crippen LogP contribution in [-0.4, -0.2) is 31.1 Å². The standard InChI is InChI=1S/C20H23N3O3/c1-3-26-18-7-5-4-6-17(18)22-20(25)21-15-12-19(24)23(13-15)16-10-8-14(2)9-11-16/h4-11,15H,3,12-13H2,1-2H3,(H2,21,22,25)/t15-/m1/s1. The summed E-state index contributed by atoms with van der Waals surface area (Å²) in [6.45, 7) is 4.87. The normalized spacial score (nSPS) is 16.5. The van der Waals surface area contributed by atoms with E-state index in [4.69, 9.17) is 4.74 Å². The molecular formula is C20H23N3O3. The average Bonchev–Trinajstić information content (AvgIpc) is 2.97. The molecule has 1 atom stereocenters. The van der Waals surface area contributed by atoms with Crippen molar-refractivity contribution in [1.29, 1.82) is 0 Å². The predicted molar refractivity (Wildman–Crippen MR) is 102 cm³/mol. The van der Waals surface area contributed by atoms with Crippen molar-refractivity contribution in [3.05, 3.63) is 54.1 Å². The topological polar surface area (TPSA) is 70.7 Å². The van der Waals surface area contributed by atoms with Gasteiger partial charge in [0.2, 0.25) is 5.91 Å². The minimum atomic E-state index is -0.347. The first-order valence-corrected chi connectivity index (χ1v) is 8.73. The Hall–Kier alpha value is -3.02. The van der Waals surface area contributed by atoms with Crippen LogP contribution in [0.2, 0.25) is 0 Å². The Bertz CT molecular complexity index is 789. The molecule has 0 spiro atoms. The number of carbonyl (C=O) groups excluding carboxylic acids is 2. The Morgan fingerprint density at radius 3 is 2.65 bits per heavy atom. The van der Waals surface area contributed by atoms with E-state index in [9.17, 15) is 9.59 Å². The van der Waals surface area contributed by atoms with Gasteiger partial charge in [0.05, 0.1) is 18.3 Å². The van der Waals surface area contributed by atoms with Crippen molar-refractivity contribution in [2.24, 2.45) is 0 Å². The van der Waals surface area contributed by atoms with Crippen molar-refractivity contribution < 1.29 is 14.3 Å². The van der Waals surface area contributed by atoms with E-state index in [2.05, 4.69) is 10.6 Å². The van der Waals surface area contributed by atoms with Gasteiger partial charge in [-0.15, -0.1) is 0 Å². The quantitative estimate of drug-likeness (QED) is 0.866. The lowest BCUT2D eigenvalue weighted by Gasteiger charge is -2.18. The molecule has 0 saturated carbocycles. The Kier molecular flexibility index (Phi) is 5.41. The summed E-state index contributed by atoms with van der Waals surface area (Å²) in [4.78, 5) is 26.3. The largest absolute Gasteiger partial charge is 0.492 e. The summed E-state index contributed by atoms with van der Waals surface area (Å²) >= 11 is 0. The number of nitrogens with one attached hydrogen (secondary N) is 2. The van der Waals surface area contributed by atoms with Crippen LogP contribution < -0.4 is 20.3 Å². The van der Waals surface area contributed by atoms with Gasteiger partial charge in [-0.3, -0.25) is 4.79 Å². The molecule has 0 aromatic heterocycles. The number of nitrogens with zero attached hydrogens (tertiary/aromatic N) is 1. The van der Waals surface area contributed by atoms with Crippen LogP contribution in [0.4, 0.5) is 16.2 Å². The summed E-state index contributed by atoms with van der Waals surface area (Å²) in [5.74, 6) is 0.628. The summed E-state index contributed by atoms with van der Waals surface area (Å²) in [5, 5.41) is 5.66. The van der Waals surface area contributed by atoms with Gasteiger partial charge in [0, 0.05) is 18.7 Å². The molecule has 2 aromatic rings. The van der Waals surface area contributed by atoms with Crippen molar-refractivity contribution in [1.82, 2.24) is 5.32 Å². The van der Waals surface area contributed by atoms with E-state index in [0.29, 0.717) is 24.6 Å². The molecule has 3 amide bonds. The number of aryl methyl sites for hydroxylation is 1. The lowest BCUT2D eigenvalue weighted by molar-refractivity contribution is -0.117. The van der Waals surface area contributed by atoms with Crippen molar-refractivity contribution >= 4 is 23.3 Å². The fourth-order valence-corrected chi connectivity index (χ4v) is 2.97. The first-order valence-electron chi connectivity index (χ1n) is 8.73. The number of carbonyl (C=O) groups is 2. The molecule has 1 saturated heterocycles. The SMILES string of the molecule is CCOc1ccccc1NC(=O)N[C@@H]1CC(=O)N(c2ccc(C)cc2)C1. The number of para-hydroxylation sites is 2. The van der Waals surface area contributed by atoms with Gasteiger partial charge in [0.1, 0.15) is 5.75 Å². The zero-order valence-electron chi connectivity index (χ0n) is 15.0. The molecular weight excluding hydrogens is 330 g/mol. The first-order chi connectivity index (χ1) is 12.6. The van der Waals surface area contributed by atoms with Crippen LogP contribution in [0.25, 0.3) is 0 Å². The van der Waals surface area contributed by atoms with Crippen LogP contribution in [-0.2, 0) is 4.79 Å². The summed E-state index contributed by atoms with van der Waals surface area (Å²) in [5.41, 5.74) is 2.60. The number of rotatable bonds is 5. The molecule has 6 heteroatoms. The van der Waals surface area contributed by atoms with Crippen LogP contribution in [0.1, 0.15) is 18.9 Å². The second-order valence-corrected chi connectivity index (χ2v) is 6.27. The van der Waals surface area contributed by atoms with E-state index < -0.39 is 0 Å². The molecule has 1 aliphatic heterocycles. The molecule has 1 fully saturated rings. The molecule has 26 heavy (non-hydrogen) atoms. The summed E-state index contributed by atoms with van der Waals surface area (Å²) in [7, 11) is 0. The highest BCUT2D eigenvalue weighted by Gasteiger charge is 2.31. The lowest BCUT2D eigenvalue weighted by Crippen LogP contribution is -2.39. The number of amides is 3. The van der Waals surface area contributed by atoms with Crippen LogP contribution in [0, 0.1) is 6.92 Å². The van der Waals surface area contributed by atoms with Gasteiger partial charge >= 0.3 is 6.03 Å². The van der Waals surface area contributed by atoms with E-state index in [1.165, 1.54) is 0 Å². The van der Waals surface area contributed by atoms with Crippen LogP contribution in [0.15, 0.2) is 48.5 Å². The lowest BCUT2D eigenvalue weighted by atomic mass is 10.2. The van der Waals surface area contributed by atoms with Gasteiger partial charge in [-0.25, -0.2) is 4.79 Å². The zero-order chi connectivity index (χ0) is 18.5. The molecule has 3 rings (SSSR count). The predicted octanol–water partition coefficient (Wildman–Crippen LogP) is 3.32. The van der Waals surface area contributed by atoms with Gasteiger partial charge in [0.25, 0.3) is 0 Å². The average molecular weight is 353 g/mol. The van der Waals surface area contributed by atoms with Crippen molar-refractivity contribution in [2.75, 3.05) is 23.4 Å². The Morgan fingerprint density at radius 2 is 1.92 bits per heavy atom. The number of ether oxygens (including phenoxy) is 1. The van der Waals surface area contributed by atoms with Crippen molar-refractivity contribution in [3.63, 3.8) is 0 Å². The highest BCUT2D eigenvalue weighted by molar-refractivity contribution is 5.98. The number of benzene rings is 2. The van der Waals surface area contributed by atoms with Crippen LogP contribution >= 0.6 is 0 Å². The summed E-state index contributed by atoms with van der Waals surface area (Å²) in [6, 6.07) is 14.5. The van der Waals surface area contributed by atoms with E-state index in [1.54, 1.807) is 17.0 Å². The Morgan fingerprint density at radius 1 is 1.19 bits per heavy atom. The minimum Gasteiger partial charge on any atom is -0.492 e. The van der Waals surface area contributed by atoms with Crippen molar-refractivity contribution in [2.45, 2.75) is 26.3 Å². The highest BCUT2D eigenvalue weighted by Crippen LogP contribution is 2.24. The molecule has 136 valence electrons. The molecule has 0 aliphatic carbocycles. The van der Waals surface area contributed by atoms with E-state index >= 15 is 0 Å². The van der Waals surface area contributed by atoms with E-state index in [-0.39, 0.29) is 24.4 Å². The third-order valence-corrected chi connectivity index (χ3v) is 4.24. The maximum Gasteiger partial charge on any atom is 0.319 e. The first kappa shape index (κ1) is 17.8. The maximum absolute atomic E-state index is 12.3.